The highest BCUT2D eigenvalue weighted by atomic mass is 16.4. The van der Waals surface area contributed by atoms with Gasteiger partial charge in [0.2, 0.25) is 11.8 Å². The highest BCUT2D eigenvalue weighted by molar-refractivity contribution is 5.78. The van der Waals surface area contributed by atoms with Gasteiger partial charge in [-0.25, -0.2) is 0 Å². The van der Waals surface area contributed by atoms with Crippen molar-refractivity contribution in [3.63, 3.8) is 0 Å². The Kier molecular flexibility index (Phi) is 5.29. The predicted molar refractivity (Wildman–Crippen MR) is 68.1 cm³/mol. The summed E-state index contributed by atoms with van der Waals surface area (Å²) in [5, 5.41) is 11.9. The lowest BCUT2D eigenvalue weighted by atomic mass is 9.94. The number of carbonyl (C=O) groups is 3. The summed E-state index contributed by atoms with van der Waals surface area (Å²) in [5.74, 6) is -2.28. The maximum atomic E-state index is 11.6. The van der Waals surface area contributed by atoms with Crippen molar-refractivity contribution in [3.05, 3.63) is 0 Å². The summed E-state index contributed by atoms with van der Waals surface area (Å²) in [6.07, 6.45) is 0.378. The number of nitrogens with zero attached hydrogens (tertiary/aromatic N) is 1. The number of carboxylic acids is 1. The third kappa shape index (κ3) is 4.86. The lowest BCUT2D eigenvalue weighted by molar-refractivity contribution is -0.145. The van der Waals surface area contributed by atoms with E-state index in [2.05, 4.69) is 5.32 Å². The van der Waals surface area contributed by atoms with Crippen molar-refractivity contribution >= 4 is 17.8 Å². The van der Waals surface area contributed by atoms with Gasteiger partial charge in [0, 0.05) is 25.0 Å². The summed E-state index contributed by atoms with van der Waals surface area (Å²) in [6.45, 7) is 4.29. The Labute approximate surface area is 112 Å². The van der Waals surface area contributed by atoms with Gasteiger partial charge in [-0.05, 0) is 6.42 Å². The highest BCUT2D eigenvalue weighted by Gasteiger charge is 2.32. The van der Waals surface area contributed by atoms with Crippen LogP contribution in [0, 0.1) is 11.8 Å². The SMILES string of the molecule is CC(C)C(=O)NC1CC(C(=O)O)CN(CC(N)=O)C1. The van der Waals surface area contributed by atoms with Crippen LogP contribution in [-0.4, -0.2) is 53.5 Å². The van der Waals surface area contributed by atoms with E-state index in [-0.39, 0.29) is 31.0 Å². The number of hydrogen-bond acceptors (Lipinski definition) is 4. The molecule has 1 saturated heterocycles. The molecule has 7 nitrogen and oxygen atoms in total. The molecule has 4 N–H and O–H groups in total. The van der Waals surface area contributed by atoms with Gasteiger partial charge in [-0.15, -0.1) is 0 Å². The van der Waals surface area contributed by atoms with Gasteiger partial charge >= 0.3 is 5.97 Å². The highest BCUT2D eigenvalue weighted by Crippen LogP contribution is 2.17. The van der Waals surface area contributed by atoms with Crippen LogP contribution in [0.3, 0.4) is 0 Å². The Morgan fingerprint density at radius 3 is 2.47 bits per heavy atom. The Morgan fingerprint density at radius 2 is 2.00 bits per heavy atom. The molecule has 1 fully saturated rings. The monoisotopic (exact) mass is 271 g/mol. The summed E-state index contributed by atoms with van der Waals surface area (Å²) < 4.78 is 0. The number of nitrogens with one attached hydrogen (secondary N) is 1. The smallest absolute Gasteiger partial charge is 0.307 e. The van der Waals surface area contributed by atoms with Gasteiger partial charge in [0.05, 0.1) is 12.5 Å². The van der Waals surface area contributed by atoms with Crippen molar-refractivity contribution in [1.82, 2.24) is 10.2 Å². The number of primary amides is 1. The molecule has 108 valence electrons. The zero-order valence-electron chi connectivity index (χ0n) is 11.3. The third-order valence-corrected chi connectivity index (χ3v) is 3.13. The van der Waals surface area contributed by atoms with E-state index in [1.807, 2.05) is 0 Å². The van der Waals surface area contributed by atoms with Crippen molar-refractivity contribution in [2.75, 3.05) is 19.6 Å². The van der Waals surface area contributed by atoms with E-state index in [0.717, 1.165) is 0 Å². The minimum atomic E-state index is -0.919. The van der Waals surface area contributed by atoms with Crippen LogP contribution in [0.5, 0.6) is 0 Å². The molecule has 2 amide bonds. The molecule has 1 aliphatic rings. The van der Waals surface area contributed by atoms with E-state index in [1.165, 1.54) is 0 Å². The van der Waals surface area contributed by atoms with E-state index >= 15 is 0 Å². The molecule has 0 bridgehead atoms. The lowest BCUT2D eigenvalue weighted by Gasteiger charge is -2.36. The first-order valence-corrected chi connectivity index (χ1v) is 6.33. The molecule has 1 aliphatic heterocycles. The van der Waals surface area contributed by atoms with Gasteiger partial charge in [0.15, 0.2) is 0 Å². The molecule has 2 unspecified atom stereocenters. The number of carbonyl (C=O) groups excluding carboxylic acids is 2. The average Bonchev–Trinajstić information content (AvgIpc) is 2.27. The lowest BCUT2D eigenvalue weighted by Crippen LogP contribution is -2.54. The number of hydrogen-bond donors (Lipinski definition) is 3. The molecule has 0 spiro atoms. The predicted octanol–water partition coefficient (Wildman–Crippen LogP) is -0.981. The van der Waals surface area contributed by atoms with Crippen LogP contribution >= 0.6 is 0 Å². The van der Waals surface area contributed by atoms with Gasteiger partial charge in [0.25, 0.3) is 0 Å². The van der Waals surface area contributed by atoms with Gasteiger partial charge < -0.3 is 16.2 Å². The molecule has 0 aliphatic carbocycles. The molecule has 0 aromatic rings. The first-order chi connectivity index (χ1) is 8.79. The van der Waals surface area contributed by atoms with Gasteiger partial charge in [-0.3, -0.25) is 19.3 Å². The maximum absolute atomic E-state index is 11.6. The molecule has 0 saturated carbocycles. The minimum absolute atomic E-state index is 0.0117. The van der Waals surface area contributed by atoms with E-state index in [9.17, 15) is 14.4 Å². The van der Waals surface area contributed by atoms with Crippen LogP contribution < -0.4 is 11.1 Å². The number of carboxylic acid groups (broad SMARTS) is 1. The van der Waals surface area contributed by atoms with Gasteiger partial charge in [-0.1, -0.05) is 13.8 Å². The van der Waals surface area contributed by atoms with Crippen molar-refractivity contribution in [3.8, 4) is 0 Å². The Bertz CT molecular complexity index is 370. The number of piperidine rings is 1. The van der Waals surface area contributed by atoms with E-state index in [4.69, 9.17) is 10.8 Å². The largest absolute Gasteiger partial charge is 0.481 e. The molecule has 2 atom stereocenters. The van der Waals surface area contributed by atoms with E-state index in [1.54, 1.807) is 18.7 Å². The summed E-state index contributed by atoms with van der Waals surface area (Å²) in [6, 6.07) is -0.260. The number of likely N-dealkylation sites (tertiary alicyclic amines) is 1. The Morgan fingerprint density at radius 1 is 1.37 bits per heavy atom. The molecule has 19 heavy (non-hydrogen) atoms. The van der Waals surface area contributed by atoms with Crippen molar-refractivity contribution < 1.29 is 19.5 Å². The summed E-state index contributed by atoms with van der Waals surface area (Å²) in [4.78, 5) is 35.3. The Hall–Kier alpha value is -1.63. The summed E-state index contributed by atoms with van der Waals surface area (Å²) in [5.41, 5.74) is 5.12. The van der Waals surface area contributed by atoms with Crippen LogP contribution in [0.2, 0.25) is 0 Å². The fourth-order valence-electron chi connectivity index (χ4n) is 2.19. The molecule has 1 heterocycles. The second-order valence-electron chi connectivity index (χ2n) is 5.29. The second kappa shape index (κ2) is 6.51. The van der Waals surface area contributed by atoms with Crippen LogP contribution in [0.1, 0.15) is 20.3 Å². The second-order valence-corrected chi connectivity index (χ2v) is 5.29. The third-order valence-electron chi connectivity index (χ3n) is 3.13. The van der Waals surface area contributed by atoms with E-state index < -0.39 is 17.8 Å². The zero-order valence-corrected chi connectivity index (χ0v) is 11.3. The van der Waals surface area contributed by atoms with Crippen LogP contribution in [0.4, 0.5) is 0 Å². The summed E-state index contributed by atoms with van der Waals surface area (Å²) >= 11 is 0. The topological polar surface area (TPSA) is 113 Å². The van der Waals surface area contributed by atoms with E-state index in [0.29, 0.717) is 13.0 Å². The van der Waals surface area contributed by atoms with Crippen molar-refractivity contribution in [2.45, 2.75) is 26.3 Å². The number of nitrogens with two attached hydrogens (primary N) is 1. The van der Waals surface area contributed by atoms with Crippen LogP contribution in [-0.2, 0) is 14.4 Å². The Balaban J connectivity index is 2.67. The summed E-state index contributed by atoms with van der Waals surface area (Å²) in [7, 11) is 0. The molecule has 0 aromatic heterocycles. The first-order valence-electron chi connectivity index (χ1n) is 6.33. The molecule has 1 rings (SSSR count). The number of aliphatic carboxylic acids is 1. The quantitative estimate of drug-likeness (QED) is 0.595. The minimum Gasteiger partial charge on any atom is -0.481 e. The van der Waals surface area contributed by atoms with Crippen molar-refractivity contribution in [2.24, 2.45) is 17.6 Å². The molecular formula is C12H21N3O4. The number of amides is 2. The average molecular weight is 271 g/mol. The standard InChI is InChI=1S/C12H21N3O4/c1-7(2)11(17)14-9-3-8(12(18)19)4-15(5-9)6-10(13)16/h7-9H,3-6H2,1-2H3,(H2,13,16)(H,14,17)(H,18,19). The molecular weight excluding hydrogens is 250 g/mol. The first kappa shape index (κ1) is 15.4. The molecule has 0 radical (unpaired) electrons. The van der Waals surface area contributed by atoms with Gasteiger partial charge in [0.1, 0.15) is 0 Å². The van der Waals surface area contributed by atoms with Gasteiger partial charge in [-0.2, -0.15) is 0 Å². The normalized spacial score (nSPS) is 24.2. The fourth-order valence-corrected chi connectivity index (χ4v) is 2.19. The molecule has 7 heteroatoms. The number of rotatable bonds is 5. The molecule has 0 aromatic carbocycles. The maximum Gasteiger partial charge on any atom is 0.307 e. The zero-order chi connectivity index (χ0) is 14.6. The van der Waals surface area contributed by atoms with Crippen molar-refractivity contribution in [1.29, 1.82) is 0 Å². The fraction of sp³-hybridized carbons (Fsp3) is 0.750. The van der Waals surface area contributed by atoms with Crippen LogP contribution in [0.15, 0.2) is 0 Å². The van der Waals surface area contributed by atoms with Crippen LogP contribution in [0.25, 0.3) is 0 Å².